The van der Waals surface area contributed by atoms with Crippen molar-refractivity contribution in [3.05, 3.63) is 21.9 Å². The second-order valence-electron chi connectivity index (χ2n) is 2.25. The van der Waals surface area contributed by atoms with E-state index in [-0.39, 0.29) is 17.1 Å². The van der Waals surface area contributed by atoms with Gasteiger partial charge in [-0.15, -0.1) is 0 Å². The van der Waals surface area contributed by atoms with Crippen LogP contribution in [0.2, 0.25) is 0 Å². The van der Waals surface area contributed by atoms with E-state index in [1.165, 1.54) is 6.07 Å². The van der Waals surface area contributed by atoms with Gasteiger partial charge in [0.2, 0.25) is 0 Å². The van der Waals surface area contributed by atoms with Crippen molar-refractivity contribution in [1.29, 1.82) is 0 Å². The molecule has 0 saturated heterocycles. The van der Waals surface area contributed by atoms with Crippen molar-refractivity contribution in [2.24, 2.45) is 0 Å². The van der Waals surface area contributed by atoms with Gasteiger partial charge in [0.1, 0.15) is 16.2 Å². The standard InChI is InChI=1S/C7H4O4S/c8-3-1-4(9)6-5(2-3)11-7(10)12-6/h1-2,8-9H. The molecular weight excluding hydrogens is 180 g/mol. The van der Waals surface area contributed by atoms with Crippen molar-refractivity contribution in [2.75, 3.05) is 0 Å². The van der Waals surface area contributed by atoms with Gasteiger partial charge in [-0.25, -0.2) is 4.79 Å². The summed E-state index contributed by atoms with van der Waals surface area (Å²) in [6, 6.07) is 2.45. The minimum atomic E-state index is -0.495. The first-order chi connectivity index (χ1) is 5.66. The lowest BCUT2D eigenvalue weighted by Crippen LogP contribution is -1.79. The minimum Gasteiger partial charge on any atom is -0.508 e. The van der Waals surface area contributed by atoms with Crippen LogP contribution < -0.4 is 4.94 Å². The molecule has 1 heterocycles. The van der Waals surface area contributed by atoms with Gasteiger partial charge in [0, 0.05) is 12.1 Å². The smallest absolute Gasteiger partial charge is 0.396 e. The SMILES string of the molecule is O=c1oc2cc(O)cc(O)c2s1. The van der Waals surface area contributed by atoms with Gasteiger partial charge >= 0.3 is 4.94 Å². The summed E-state index contributed by atoms with van der Waals surface area (Å²) in [5.74, 6) is -0.262. The third-order valence-electron chi connectivity index (χ3n) is 1.40. The van der Waals surface area contributed by atoms with Gasteiger partial charge in [-0.05, 0) is 11.3 Å². The van der Waals surface area contributed by atoms with Crippen molar-refractivity contribution in [2.45, 2.75) is 0 Å². The fourth-order valence-corrected chi connectivity index (χ4v) is 1.61. The zero-order chi connectivity index (χ0) is 8.72. The number of hydrogen-bond donors (Lipinski definition) is 2. The van der Waals surface area contributed by atoms with Crippen LogP contribution in [0, 0.1) is 0 Å². The number of phenols is 2. The molecule has 5 heteroatoms. The average molecular weight is 184 g/mol. The van der Waals surface area contributed by atoms with Gasteiger partial charge in [0.05, 0.1) is 0 Å². The highest BCUT2D eigenvalue weighted by atomic mass is 32.1. The largest absolute Gasteiger partial charge is 0.508 e. The number of benzene rings is 1. The summed E-state index contributed by atoms with van der Waals surface area (Å²) < 4.78 is 5.03. The van der Waals surface area contributed by atoms with Gasteiger partial charge in [-0.2, -0.15) is 0 Å². The molecule has 12 heavy (non-hydrogen) atoms. The Morgan fingerprint density at radius 2 is 2.08 bits per heavy atom. The van der Waals surface area contributed by atoms with Gasteiger partial charge < -0.3 is 14.6 Å². The van der Waals surface area contributed by atoms with Crippen LogP contribution >= 0.6 is 11.3 Å². The Labute approximate surface area is 70.3 Å². The molecule has 4 nitrogen and oxygen atoms in total. The van der Waals surface area contributed by atoms with Gasteiger partial charge in [-0.3, -0.25) is 0 Å². The van der Waals surface area contributed by atoms with E-state index in [1.807, 2.05) is 0 Å². The molecule has 0 amide bonds. The van der Waals surface area contributed by atoms with Crippen molar-refractivity contribution < 1.29 is 14.6 Å². The van der Waals surface area contributed by atoms with Crippen LogP contribution in [-0.2, 0) is 0 Å². The molecule has 0 radical (unpaired) electrons. The molecule has 0 aliphatic carbocycles. The molecule has 0 aliphatic heterocycles. The summed E-state index contributed by atoms with van der Waals surface area (Å²) in [6.07, 6.45) is 0. The summed E-state index contributed by atoms with van der Waals surface area (Å²) in [7, 11) is 0. The zero-order valence-corrected chi connectivity index (χ0v) is 6.59. The molecule has 0 fully saturated rings. The Bertz CT molecular complexity index is 482. The predicted molar refractivity (Wildman–Crippen MR) is 43.7 cm³/mol. The van der Waals surface area contributed by atoms with Crippen LogP contribution in [0.4, 0.5) is 0 Å². The maximum absolute atomic E-state index is 10.7. The van der Waals surface area contributed by atoms with Crippen LogP contribution in [0.15, 0.2) is 21.3 Å². The van der Waals surface area contributed by atoms with Crippen LogP contribution in [0.25, 0.3) is 10.3 Å². The lowest BCUT2D eigenvalue weighted by Gasteiger charge is -1.92. The molecule has 0 unspecified atom stereocenters. The van der Waals surface area contributed by atoms with Gasteiger partial charge in [0.25, 0.3) is 0 Å². The summed E-state index contributed by atoms with van der Waals surface area (Å²) in [6.45, 7) is 0. The first-order valence-electron chi connectivity index (χ1n) is 3.12. The fourth-order valence-electron chi connectivity index (χ4n) is 0.946. The molecule has 0 saturated carbocycles. The monoisotopic (exact) mass is 184 g/mol. The maximum Gasteiger partial charge on any atom is 0.396 e. The van der Waals surface area contributed by atoms with Crippen molar-refractivity contribution >= 4 is 21.6 Å². The molecule has 2 rings (SSSR count). The van der Waals surface area contributed by atoms with E-state index in [9.17, 15) is 9.90 Å². The summed E-state index contributed by atoms with van der Waals surface area (Å²) >= 11 is 0.804. The van der Waals surface area contributed by atoms with Crippen LogP contribution in [-0.4, -0.2) is 10.2 Å². The number of rotatable bonds is 0. The fraction of sp³-hybridized carbons (Fsp3) is 0. The number of hydrogen-bond acceptors (Lipinski definition) is 5. The van der Waals surface area contributed by atoms with Crippen LogP contribution in [0.3, 0.4) is 0 Å². The van der Waals surface area contributed by atoms with Gasteiger partial charge in [0.15, 0.2) is 5.58 Å². The topological polar surface area (TPSA) is 70.7 Å². The van der Waals surface area contributed by atoms with Crippen molar-refractivity contribution in [3.63, 3.8) is 0 Å². The minimum absolute atomic E-state index is 0.124. The molecule has 62 valence electrons. The highest BCUT2D eigenvalue weighted by Gasteiger charge is 2.07. The van der Waals surface area contributed by atoms with E-state index in [2.05, 4.69) is 4.42 Å². The predicted octanol–water partition coefficient (Wildman–Crippen LogP) is 1.27. The first kappa shape index (κ1) is 7.17. The highest BCUT2D eigenvalue weighted by Crippen LogP contribution is 2.31. The lowest BCUT2D eigenvalue weighted by atomic mass is 10.3. The Morgan fingerprint density at radius 1 is 1.33 bits per heavy atom. The first-order valence-corrected chi connectivity index (χ1v) is 3.94. The summed E-state index contributed by atoms with van der Waals surface area (Å²) in [5, 5.41) is 18.2. The molecule has 2 aromatic rings. The molecule has 1 aromatic heterocycles. The summed E-state index contributed by atoms with van der Waals surface area (Å²) in [5.41, 5.74) is 0.211. The number of fused-ring (bicyclic) bond motifs is 1. The quantitative estimate of drug-likeness (QED) is 0.646. The summed E-state index contributed by atoms with van der Waals surface area (Å²) in [4.78, 5) is 10.2. The number of phenolic OH excluding ortho intramolecular Hbond substituents is 2. The molecule has 0 atom stereocenters. The average Bonchev–Trinajstić information content (AvgIpc) is 2.29. The molecule has 0 bridgehead atoms. The lowest BCUT2D eigenvalue weighted by molar-refractivity contribution is 0.453. The Balaban J connectivity index is 2.97. The van der Waals surface area contributed by atoms with E-state index in [0.29, 0.717) is 4.70 Å². The van der Waals surface area contributed by atoms with E-state index in [4.69, 9.17) is 5.11 Å². The van der Waals surface area contributed by atoms with E-state index < -0.39 is 4.94 Å². The third-order valence-corrected chi connectivity index (χ3v) is 2.26. The Kier molecular flexibility index (Phi) is 1.34. The molecule has 0 spiro atoms. The zero-order valence-electron chi connectivity index (χ0n) is 5.77. The third kappa shape index (κ3) is 0.947. The second-order valence-corrected chi connectivity index (χ2v) is 3.19. The van der Waals surface area contributed by atoms with Crippen LogP contribution in [0.5, 0.6) is 11.5 Å². The Hall–Kier alpha value is -1.49. The van der Waals surface area contributed by atoms with E-state index in [0.717, 1.165) is 17.4 Å². The van der Waals surface area contributed by atoms with Crippen molar-refractivity contribution in [3.8, 4) is 11.5 Å². The van der Waals surface area contributed by atoms with E-state index >= 15 is 0 Å². The normalized spacial score (nSPS) is 10.7. The Morgan fingerprint density at radius 3 is 2.83 bits per heavy atom. The highest BCUT2D eigenvalue weighted by molar-refractivity contribution is 7.16. The maximum atomic E-state index is 10.7. The van der Waals surface area contributed by atoms with Crippen LogP contribution in [0.1, 0.15) is 0 Å². The molecule has 0 aliphatic rings. The molecular formula is C7H4O4S. The molecule has 1 aromatic carbocycles. The second kappa shape index (κ2) is 2.25. The number of aromatic hydroxyl groups is 2. The van der Waals surface area contributed by atoms with Crippen molar-refractivity contribution in [1.82, 2.24) is 0 Å². The molecule has 2 N–H and O–H groups in total. The van der Waals surface area contributed by atoms with Gasteiger partial charge in [-0.1, -0.05) is 0 Å². The van der Waals surface area contributed by atoms with E-state index in [1.54, 1.807) is 0 Å².